The molecule has 0 aliphatic rings. The highest BCUT2D eigenvalue weighted by Gasteiger charge is 2.30. The van der Waals surface area contributed by atoms with Gasteiger partial charge in [-0.2, -0.15) is 24.4 Å². The van der Waals surface area contributed by atoms with Crippen LogP contribution in [-0.4, -0.2) is 90.7 Å². The minimum absolute atomic E-state index is 0.0189. The first-order chi connectivity index (χ1) is 16.7. The van der Waals surface area contributed by atoms with Crippen LogP contribution in [0.2, 0.25) is 0 Å². The lowest BCUT2D eigenvalue weighted by atomic mass is 10.1. The molecule has 0 radical (unpaired) electrons. The SMILES string of the molecule is CSCCC(NC(=O)C(N)Cc1cnc[nH]1)C(=O)NC(CS)C(=O)NC(Cc1cnc[nH]1)C(=O)O. The molecule has 35 heavy (non-hydrogen) atoms. The van der Waals surface area contributed by atoms with Crippen molar-refractivity contribution in [1.29, 1.82) is 0 Å². The van der Waals surface area contributed by atoms with E-state index in [2.05, 4.69) is 48.5 Å². The van der Waals surface area contributed by atoms with Gasteiger partial charge in [0.2, 0.25) is 17.7 Å². The molecule has 0 spiro atoms. The molecular weight excluding hydrogens is 496 g/mol. The fourth-order valence-corrected chi connectivity index (χ4v) is 3.79. The number of hydrogen-bond acceptors (Lipinski definition) is 9. The number of carboxylic acid groups (broad SMARTS) is 1. The zero-order chi connectivity index (χ0) is 25.8. The number of aromatic nitrogens is 4. The molecule has 0 aliphatic carbocycles. The molecule has 192 valence electrons. The maximum Gasteiger partial charge on any atom is 0.326 e. The summed E-state index contributed by atoms with van der Waals surface area (Å²) in [6, 6.07) is -4.22. The normalized spacial score (nSPS) is 14.4. The topological polar surface area (TPSA) is 208 Å². The molecule has 0 saturated carbocycles. The molecule has 2 heterocycles. The third-order valence-electron chi connectivity index (χ3n) is 4.98. The fourth-order valence-electron chi connectivity index (χ4n) is 3.06. The summed E-state index contributed by atoms with van der Waals surface area (Å²) >= 11 is 5.61. The quantitative estimate of drug-likeness (QED) is 0.126. The van der Waals surface area contributed by atoms with Crippen LogP contribution in [0.15, 0.2) is 25.0 Å². The van der Waals surface area contributed by atoms with E-state index in [4.69, 9.17) is 5.73 Å². The van der Waals surface area contributed by atoms with Crippen molar-refractivity contribution in [3.8, 4) is 0 Å². The Morgan fingerprint density at radius 3 is 2.03 bits per heavy atom. The van der Waals surface area contributed by atoms with Crippen LogP contribution >= 0.6 is 24.4 Å². The Kier molecular flexibility index (Phi) is 11.6. The fraction of sp³-hybridized carbons (Fsp3) is 0.500. The minimum atomic E-state index is -1.24. The van der Waals surface area contributed by atoms with Crippen LogP contribution < -0.4 is 21.7 Å². The first-order valence-electron chi connectivity index (χ1n) is 10.7. The molecule has 2 aromatic heterocycles. The summed E-state index contributed by atoms with van der Waals surface area (Å²) in [6.07, 6.45) is 8.22. The summed E-state index contributed by atoms with van der Waals surface area (Å²) < 4.78 is 0. The summed E-state index contributed by atoms with van der Waals surface area (Å²) in [4.78, 5) is 63.2. The second-order valence-corrected chi connectivity index (χ2v) is 9.00. The Balaban J connectivity index is 2.00. The molecule has 0 saturated heterocycles. The van der Waals surface area contributed by atoms with Crippen molar-refractivity contribution in [1.82, 2.24) is 35.9 Å². The summed E-state index contributed by atoms with van der Waals surface area (Å²) in [5, 5.41) is 17.1. The number of amides is 3. The van der Waals surface area contributed by atoms with Gasteiger partial charge in [0.15, 0.2) is 0 Å². The highest BCUT2D eigenvalue weighted by molar-refractivity contribution is 7.98. The molecule has 0 aliphatic heterocycles. The number of H-pyrrole nitrogens is 2. The number of nitrogens with two attached hydrogens (primary N) is 1. The van der Waals surface area contributed by atoms with Crippen LogP contribution in [0.5, 0.6) is 0 Å². The van der Waals surface area contributed by atoms with Crippen molar-refractivity contribution >= 4 is 48.1 Å². The Labute approximate surface area is 211 Å². The van der Waals surface area contributed by atoms with E-state index in [9.17, 15) is 24.3 Å². The number of carboxylic acids is 1. The first kappa shape index (κ1) is 28.2. The molecule has 4 unspecified atom stereocenters. The molecule has 0 fully saturated rings. The lowest BCUT2D eigenvalue weighted by Gasteiger charge is -2.24. The van der Waals surface area contributed by atoms with Gasteiger partial charge in [0.1, 0.15) is 18.1 Å². The molecule has 2 aromatic rings. The van der Waals surface area contributed by atoms with Crippen molar-refractivity contribution in [2.45, 2.75) is 43.4 Å². The predicted molar refractivity (Wildman–Crippen MR) is 133 cm³/mol. The van der Waals surface area contributed by atoms with Crippen LogP contribution in [0.4, 0.5) is 0 Å². The Morgan fingerprint density at radius 1 is 0.971 bits per heavy atom. The molecule has 0 bridgehead atoms. The highest BCUT2D eigenvalue weighted by Crippen LogP contribution is 2.05. The van der Waals surface area contributed by atoms with E-state index in [0.717, 1.165) is 0 Å². The average molecular weight is 527 g/mol. The number of thiol groups is 1. The van der Waals surface area contributed by atoms with Gasteiger partial charge < -0.3 is 36.8 Å². The van der Waals surface area contributed by atoms with Gasteiger partial charge in [0.05, 0.1) is 18.7 Å². The Hall–Kier alpha value is -3.04. The monoisotopic (exact) mass is 526 g/mol. The van der Waals surface area contributed by atoms with E-state index in [1.165, 1.54) is 30.6 Å². The zero-order valence-electron chi connectivity index (χ0n) is 19.1. The molecule has 0 aromatic carbocycles. The van der Waals surface area contributed by atoms with Crippen LogP contribution in [-0.2, 0) is 32.0 Å². The largest absolute Gasteiger partial charge is 0.480 e. The van der Waals surface area contributed by atoms with Gasteiger partial charge in [-0.25, -0.2) is 14.8 Å². The summed E-state index contributed by atoms with van der Waals surface area (Å²) in [5.74, 6) is -2.61. The summed E-state index contributed by atoms with van der Waals surface area (Å²) in [7, 11) is 0. The Morgan fingerprint density at radius 2 is 1.51 bits per heavy atom. The van der Waals surface area contributed by atoms with Gasteiger partial charge in [-0.05, 0) is 18.4 Å². The zero-order valence-corrected chi connectivity index (χ0v) is 20.8. The average Bonchev–Trinajstić information content (AvgIpc) is 3.53. The number of hydrogen-bond donors (Lipinski definition) is 8. The molecule has 8 N–H and O–H groups in total. The lowest BCUT2D eigenvalue weighted by molar-refractivity contribution is -0.142. The van der Waals surface area contributed by atoms with Gasteiger partial charge in [0.25, 0.3) is 0 Å². The van der Waals surface area contributed by atoms with Crippen LogP contribution in [0, 0.1) is 0 Å². The van der Waals surface area contributed by atoms with Crippen LogP contribution in [0.3, 0.4) is 0 Å². The van der Waals surface area contributed by atoms with Crippen molar-refractivity contribution in [3.63, 3.8) is 0 Å². The summed E-state index contributed by atoms with van der Waals surface area (Å²) in [5.41, 5.74) is 7.16. The second kappa shape index (κ2) is 14.4. The highest BCUT2D eigenvalue weighted by atomic mass is 32.2. The third kappa shape index (κ3) is 9.26. The van der Waals surface area contributed by atoms with E-state index in [1.807, 2.05) is 6.26 Å². The first-order valence-corrected chi connectivity index (χ1v) is 12.7. The van der Waals surface area contributed by atoms with Gasteiger partial charge in [-0.15, -0.1) is 0 Å². The van der Waals surface area contributed by atoms with Crippen LogP contribution in [0.25, 0.3) is 0 Å². The minimum Gasteiger partial charge on any atom is -0.480 e. The maximum atomic E-state index is 12.9. The predicted octanol–water partition coefficient (Wildman–Crippen LogP) is -1.53. The number of nitrogens with zero attached hydrogens (tertiary/aromatic N) is 2. The maximum absolute atomic E-state index is 12.9. The third-order valence-corrected chi connectivity index (χ3v) is 5.99. The van der Waals surface area contributed by atoms with Crippen molar-refractivity contribution in [3.05, 3.63) is 36.4 Å². The number of rotatable bonds is 15. The van der Waals surface area contributed by atoms with E-state index < -0.39 is 47.9 Å². The molecule has 4 atom stereocenters. The van der Waals surface area contributed by atoms with E-state index in [1.54, 1.807) is 6.20 Å². The molecule has 13 nitrogen and oxygen atoms in total. The van der Waals surface area contributed by atoms with E-state index in [-0.39, 0.29) is 18.6 Å². The number of imidazole rings is 2. The van der Waals surface area contributed by atoms with Gasteiger partial charge in [-0.1, -0.05) is 0 Å². The van der Waals surface area contributed by atoms with Crippen molar-refractivity contribution < 1.29 is 24.3 Å². The number of aromatic amines is 2. The second-order valence-electron chi connectivity index (χ2n) is 7.65. The number of aliphatic carboxylic acids is 1. The van der Waals surface area contributed by atoms with E-state index >= 15 is 0 Å². The summed E-state index contributed by atoms with van der Waals surface area (Å²) in [6.45, 7) is 0. The molecular formula is C20H30N8O5S2. The molecule has 2 rings (SSSR count). The number of carbonyl (C=O) groups is 4. The van der Waals surface area contributed by atoms with E-state index in [0.29, 0.717) is 23.6 Å². The molecule has 15 heteroatoms. The lowest BCUT2D eigenvalue weighted by Crippen LogP contribution is -2.58. The molecule has 3 amide bonds. The van der Waals surface area contributed by atoms with Gasteiger partial charge in [0, 0.05) is 42.4 Å². The van der Waals surface area contributed by atoms with Crippen LogP contribution in [0.1, 0.15) is 17.8 Å². The smallest absolute Gasteiger partial charge is 0.326 e. The Bertz CT molecular complexity index is 957. The van der Waals surface area contributed by atoms with Gasteiger partial charge >= 0.3 is 5.97 Å². The standard InChI is InChI=1S/C20H30N8O5S2/c1-35-3-2-14(26-17(29)13(21)4-11-6-22-9-24-11)18(30)28-16(8-34)19(31)27-15(20(32)33)5-12-7-23-10-25-12/h6-7,9-10,13-16,34H,2-5,8,21H2,1H3,(H,22,24)(H,23,25)(H,26,29)(H,27,31)(H,28,30)(H,32,33). The number of carbonyl (C=O) groups excluding carboxylic acids is 3. The van der Waals surface area contributed by atoms with Crippen molar-refractivity contribution in [2.24, 2.45) is 5.73 Å². The number of thioether (sulfide) groups is 1. The van der Waals surface area contributed by atoms with Crippen molar-refractivity contribution in [2.75, 3.05) is 17.8 Å². The van der Waals surface area contributed by atoms with Gasteiger partial charge in [-0.3, -0.25) is 14.4 Å². The number of nitrogens with one attached hydrogen (secondary N) is 5.